The predicted molar refractivity (Wildman–Crippen MR) is 103 cm³/mol. The van der Waals surface area contributed by atoms with Crippen molar-refractivity contribution in [3.8, 4) is 5.75 Å². The average molecular weight is 392 g/mol. The quantitative estimate of drug-likeness (QED) is 0.622. The molecule has 1 saturated heterocycles. The molecule has 1 atom stereocenters. The topological polar surface area (TPSA) is 92.8 Å². The summed E-state index contributed by atoms with van der Waals surface area (Å²) in [6.07, 6.45) is 2.07. The minimum atomic E-state index is -0.668. The van der Waals surface area contributed by atoms with Crippen LogP contribution in [0.1, 0.15) is 51.1 Å². The molecule has 1 unspecified atom stereocenters. The summed E-state index contributed by atoms with van der Waals surface area (Å²) in [4.78, 5) is 49.3. The molecule has 2 heterocycles. The predicted octanol–water partition coefficient (Wildman–Crippen LogP) is 2.23. The monoisotopic (exact) mass is 392 g/mol. The second-order valence-corrected chi connectivity index (χ2v) is 7.19. The molecule has 1 N–H and O–H groups in total. The molecular formula is C22H20N2O5. The van der Waals surface area contributed by atoms with E-state index in [1.54, 1.807) is 36.4 Å². The first-order chi connectivity index (χ1) is 14.1. The molecule has 2 aliphatic heterocycles. The van der Waals surface area contributed by atoms with Crippen molar-refractivity contribution in [3.05, 3.63) is 64.7 Å². The summed E-state index contributed by atoms with van der Waals surface area (Å²) in [6.45, 7) is 0.510. The zero-order valence-electron chi connectivity index (χ0n) is 15.7. The summed E-state index contributed by atoms with van der Waals surface area (Å²) in [5, 5.41) is 2.36. The molecule has 148 valence electrons. The molecule has 2 aromatic rings. The van der Waals surface area contributed by atoms with Crippen LogP contribution in [0.25, 0.3) is 0 Å². The molecule has 0 aromatic heterocycles. The van der Waals surface area contributed by atoms with Crippen LogP contribution in [0.2, 0.25) is 0 Å². The van der Waals surface area contributed by atoms with E-state index in [0.29, 0.717) is 29.7 Å². The lowest BCUT2D eigenvalue weighted by Crippen LogP contribution is -2.46. The van der Waals surface area contributed by atoms with Gasteiger partial charge in [-0.05, 0) is 36.6 Å². The highest BCUT2D eigenvalue weighted by Crippen LogP contribution is 2.33. The third-order valence-electron chi connectivity index (χ3n) is 5.26. The molecule has 1 fully saturated rings. The van der Waals surface area contributed by atoms with E-state index in [4.69, 9.17) is 4.74 Å². The van der Waals surface area contributed by atoms with Crippen LogP contribution >= 0.6 is 0 Å². The number of hydrogen-bond acceptors (Lipinski definition) is 5. The summed E-state index contributed by atoms with van der Waals surface area (Å²) in [5.74, 6) is -0.395. The Bertz CT molecular complexity index is 1000. The van der Waals surface area contributed by atoms with Crippen LogP contribution in [0.4, 0.5) is 0 Å². The highest BCUT2D eigenvalue weighted by atomic mass is 16.5. The fraction of sp³-hybridized carbons (Fsp3) is 0.273. The first-order valence-corrected chi connectivity index (χ1v) is 9.50. The van der Waals surface area contributed by atoms with Gasteiger partial charge in [0.05, 0.1) is 6.54 Å². The minimum Gasteiger partial charge on any atom is -0.489 e. The molecule has 7 heteroatoms. The van der Waals surface area contributed by atoms with E-state index in [-0.39, 0.29) is 31.4 Å². The fourth-order valence-corrected chi connectivity index (χ4v) is 3.80. The zero-order valence-corrected chi connectivity index (χ0v) is 15.7. The number of imide groups is 1. The van der Waals surface area contributed by atoms with Crippen molar-refractivity contribution in [1.29, 1.82) is 0 Å². The summed E-state index contributed by atoms with van der Waals surface area (Å²) in [6, 6.07) is 11.7. The Morgan fingerprint density at radius 3 is 2.79 bits per heavy atom. The van der Waals surface area contributed by atoms with Crippen LogP contribution in [0.3, 0.4) is 0 Å². The standard InChI is InChI=1S/C22H20N2O5/c25-12-14-4-1-5-15(10-14)13-29-19-8-2-6-16-17(19)11-24(22(16)28)18-7-3-9-20(26)23-21(18)27/h1-2,4-6,8,10,12,18H,3,7,9,11,13H2,(H,23,26,27). The van der Waals surface area contributed by atoms with Gasteiger partial charge in [-0.15, -0.1) is 0 Å². The van der Waals surface area contributed by atoms with Gasteiger partial charge in [0.15, 0.2) is 0 Å². The third kappa shape index (κ3) is 3.76. The Morgan fingerprint density at radius 2 is 1.97 bits per heavy atom. The molecule has 3 amide bonds. The maximum atomic E-state index is 12.9. The van der Waals surface area contributed by atoms with Crippen molar-refractivity contribution in [2.45, 2.75) is 38.5 Å². The minimum absolute atomic E-state index is 0.233. The van der Waals surface area contributed by atoms with Crippen LogP contribution in [0.5, 0.6) is 5.75 Å². The van der Waals surface area contributed by atoms with E-state index in [1.165, 1.54) is 4.90 Å². The maximum Gasteiger partial charge on any atom is 0.255 e. The number of nitrogens with zero attached hydrogens (tertiary/aromatic N) is 1. The summed E-state index contributed by atoms with van der Waals surface area (Å²) < 4.78 is 5.94. The molecule has 0 radical (unpaired) electrons. The molecular weight excluding hydrogens is 372 g/mol. The van der Waals surface area contributed by atoms with Crippen LogP contribution in [0, 0.1) is 0 Å². The summed E-state index contributed by atoms with van der Waals surface area (Å²) >= 11 is 0. The molecule has 2 aromatic carbocycles. The first kappa shape index (κ1) is 18.9. The van der Waals surface area contributed by atoms with Gasteiger partial charge >= 0.3 is 0 Å². The van der Waals surface area contributed by atoms with Crippen LogP contribution in [-0.2, 0) is 22.7 Å². The lowest BCUT2D eigenvalue weighted by molar-refractivity contribution is -0.132. The van der Waals surface area contributed by atoms with Gasteiger partial charge in [0, 0.05) is 23.1 Å². The number of carbonyl (C=O) groups is 4. The van der Waals surface area contributed by atoms with E-state index in [0.717, 1.165) is 17.4 Å². The normalized spacial score (nSPS) is 18.8. The largest absolute Gasteiger partial charge is 0.489 e. The number of benzene rings is 2. The van der Waals surface area contributed by atoms with E-state index < -0.39 is 11.9 Å². The van der Waals surface area contributed by atoms with E-state index in [9.17, 15) is 19.2 Å². The van der Waals surface area contributed by atoms with Gasteiger partial charge in [-0.2, -0.15) is 0 Å². The van der Waals surface area contributed by atoms with Crippen molar-refractivity contribution >= 4 is 24.0 Å². The Balaban J connectivity index is 1.54. The Hall–Kier alpha value is -3.48. The van der Waals surface area contributed by atoms with Crippen LogP contribution in [-0.4, -0.2) is 34.9 Å². The maximum absolute atomic E-state index is 12.9. The van der Waals surface area contributed by atoms with Gasteiger partial charge in [0.2, 0.25) is 11.8 Å². The van der Waals surface area contributed by atoms with Gasteiger partial charge < -0.3 is 9.64 Å². The molecule has 2 aliphatic rings. The number of ether oxygens (including phenoxy) is 1. The van der Waals surface area contributed by atoms with Gasteiger partial charge in [-0.25, -0.2) is 0 Å². The molecule has 4 rings (SSSR count). The van der Waals surface area contributed by atoms with Crippen molar-refractivity contribution in [3.63, 3.8) is 0 Å². The molecule has 0 bridgehead atoms. The van der Waals surface area contributed by atoms with Gasteiger partial charge in [0.25, 0.3) is 5.91 Å². The fourth-order valence-electron chi connectivity index (χ4n) is 3.80. The van der Waals surface area contributed by atoms with Crippen molar-refractivity contribution in [1.82, 2.24) is 10.2 Å². The number of fused-ring (bicyclic) bond motifs is 1. The molecule has 7 nitrogen and oxygen atoms in total. The highest BCUT2D eigenvalue weighted by molar-refractivity contribution is 6.04. The van der Waals surface area contributed by atoms with E-state index in [1.807, 2.05) is 6.07 Å². The molecule has 0 spiro atoms. The highest BCUT2D eigenvalue weighted by Gasteiger charge is 2.39. The van der Waals surface area contributed by atoms with Gasteiger partial charge in [-0.3, -0.25) is 24.5 Å². The Labute approximate surface area is 167 Å². The van der Waals surface area contributed by atoms with Gasteiger partial charge in [0.1, 0.15) is 24.7 Å². The Kier molecular flexibility index (Phi) is 5.12. The van der Waals surface area contributed by atoms with Gasteiger partial charge in [-0.1, -0.05) is 24.3 Å². The van der Waals surface area contributed by atoms with Crippen molar-refractivity contribution in [2.75, 3.05) is 0 Å². The number of carbonyl (C=O) groups excluding carboxylic acids is 4. The third-order valence-corrected chi connectivity index (χ3v) is 5.26. The number of rotatable bonds is 5. The second kappa shape index (κ2) is 7.87. The van der Waals surface area contributed by atoms with Crippen molar-refractivity contribution in [2.24, 2.45) is 0 Å². The van der Waals surface area contributed by atoms with Crippen LogP contribution < -0.4 is 10.1 Å². The lowest BCUT2D eigenvalue weighted by Gasteiger charge is -2.24. The number of aldehydes is 1. The first-order valence-electron chi connectivity index (χ1n) is 9.50. The second-order valence-electron chi connectivity index (χ2n) is 7.19. The Morgan fingerprint density at radius 1 is 1.14 bits per heavy atom. The summed E-state index contributed by atoms with van der Waals surface area (Å²) in [7, 11) is 0. The lowest BCUT2D eigenvalue weighted by atomic mass is 10.1. The molecule has 0 saturated carbocycles. The molecule has 0 aliphatic carbocycles. The number of amides is 3. The average Bonchev–Trinajstić information content (AvgIpc) is 2.96. The zero-order chi connectivity index (χ0) is 20.4. The van der Waals surface area contributed by atoms with E-state index in [2.05, 4.69) is 5.32 Å². The molecule has 29 heavy (non-hydrogen) atoms. The van der Waals surface area contributed by atoms with Crippen LogP contribution in [0.15, 0.2) is 42.5 Å². The summed E-state index contributed by atoms with van der Waals surface area (Å²) in [5.41, 5.74) is 2.65. The number of hydrogen-bond donors (Lipinski definition) is 1. The SMILES string of the molecule is O=Cc1cccc(COc2cccc3c2CN(C2CCCC(=O)NC2=O)C3=O)c1. The smallest absolute Gasteiger partial charge is 0.255 e. The number of nitrogens with one attached hydrogen (secondary N) is 1. The van der Waals surface area contributed by atoms with Crippen molar-refractivity contribution < 1.29 is 23.9 Å². The van der Waals surface area contributed by atoms with E-state index >= 15 is 0 Å².